The van der Waals surface area contributed by atoms with Crippen molar-refractivity contribution in [3.63, 3.8) is 0 Å². The van der Waals surface area contributed by atoms with Gasteiger partial charge in [-0.2, -0.15) is 0 Å². The van der Waals surface area contributed by atoms with E-state index in [1.165, 1.54) is 0 Å². The lowest BCUT2D eigenvalue weighted by atomic mass is 10.2. The number of nitrogens with two attached hydrogens (primary N) is 1. The minimum Gasteiger partial charge on any atom is -0.461 e. The van der Waals surface area contributed by atoms with Gasteiger partial charge in [0.2, 0.25) is 0 Å². The van der Waals surface area contributed by atoms with Crippen LogP contribution in [0.4, 0.5) is 0 Å². The number of rotatable bonds is 8. The van der Waals surface area contributed by atoms with Gasteiger partial charge < -0.3 is 15.8 Å². The summed E-state index contributed by atoms with van der Waals surface area (Å²) in [6.07, 6.45) is 0.922. The third-order valence-electron chi connectivity index (χ3n) is 2.63. The summed E-state index contributed by atoms with van der Waals surface area (Å²) in [4.78, 5) is 11.7. The van der Waals surface area contributed by atoms with Crippen LogP contribution in [0.15, 0.2) is 30.3 Å². The maximum absolute atomic E-state index is 11.7. The summed E-state index contributed by atoms with van der Waals surface area (Å²) in [6.45, 7) is 4.34. The normalized spacial score (nSPS) is 12.1. The second kappa shape index (κ2) is 8.66. The Morgan fingerprint density at radius 1 is 1.39 bits per heavy atom. The van der Waals surface area contributed by atoms with Crippen LogP contribution in [0.3, 0.4) is 0 Å². The van der Waals surface area contributed by atoms with E-state index in [9.17, 15) is 4.79 Å². The lowest BCUT2D eigenvalue weighted by molar-refractivity contribution is -0.149. The van der Waals surface area contributed by atoms with Gasteiger partial charge >= 0.3 is 5.97 Å². The zero-order valence-corrected chi connectivity index (χ0v) is 10.9. The van der Waals surface area contributed by atoms with E-state index in [2.05, 4.69) is 5.32 Å². The van der Waals surface area contributed by atoms with Gasteiger partial charge in [-0.3, -0.25) is 4.79 Å². The molecular formula is C14H22N2O2. The number of hydrogen-bond acceptors (Lipinski definition) is 4. The van der Waals surface area contributed by atoms with Crippen molar-refractivity contribution in [2.75, 3.05) is 19.6 Å². The van der Waals surface area contributed by atoms with Crippen LogP contribution in [-0.2, 0) is 16.1 Å². The van der Waals surface area contributed by atoms with Crippen molar-refractivity contribution < 1.29 is 9.53 Å². The van der Waals surface area contributed by atoms with Crippen LogP contribution in [0.2, 0.25) is 0 Å². The number of nitrogens with one attached hydrogen (secondary N) is 1. The largest absolute Gasteiger partial charge is 0.461 e. The Bertz CT molecular complexity index is 341. The van der Waals surface area contributed by atoms with E-state index >= 15 is 0 Å². The standard InChI is InChI=1S/C14H22N2O2/c1-12(10-16-9-5-8-15)14(17)18-11-13-6-3-2-4-7-13/h2-4,6-7,12,16H,5,8-11,15H2,1H3. The van der Waals surface area contributed by atoms with Crippen molar-refractivity contribution in [1.29, 1.82) is 0 Å². The van der Waals surface area contributed by atoms with E-state index in [-0.39, 0.29) is 11.9 Å². The highest BCUT2D eigenvalue weighted by atomic mass is 16.5. The van der Waals surface area contributed by atoms with Gasteiger partial charge in [0.1, 0.15) is 6.61 Å². The fraction of sp³-hybridized carbons (Fsp3) is 0.500. The van der Waals surface area contributed by atoms with Crippen molar-refractivity contribution in [1.82, 2.24) is 5.32 Å². The Labute approximate surface area is 109 Å². The molecule has 0 aliphatic rings. The van der Waals surface area contributed by atoms with Gasteiger partial charge in [0.15, 0.2) is 0 Å². The minimum atomic E-state index is -0.167. The van der Waals surface area contributed by atoms with Crippen molar-refractivity contribution in [2.45, 2.75) is 20.0 Å². The Kier molecular flexibility index (Phi) is 7.06. The van der Waals surface area contributed by atoms with Crippen molar-refractivity contribution >= 4 is 5.97 Å². The molecular weight excluding hydrogens is 228 g/mol. The Hall–Kier alpha value is -1.39. The fourth-order valence-corrected chi connectivity index (χ4v) is 1.50. The van der Waals surface area contributed by atoms with Crippen LogP contribution in [0.5, 0.6) is 0 Å². The lowest BCUT2D eigenvalue weighted by Crippen LogP contribution is -2.29. The molecule has 0 saturated heterocycles. The molecule has 4 heteroatoms. The molecule has 4 nitrogen and oxygen atoms in total. The van der Waals surface area contributed by atoms with E-state index < -0.39 is 0 Å². The van der Waals surface area contributed by atoms with E-state index in [0.717, 1.165) is 18.5 Å². The zero-order valence-electron chi connectivity index (χ0n) is 10.9. The first-order chi connectivity index (χ1) is 8.74. The van der Waals surface area contributed by atoms with Gasteiger partial charge in [0, 0.05) is 6.54 Å². The molecule has 1 aromatic carbocycles. The molecule has 1 atom stereocenters. The number of esters is 1. The van der Waals surface area contributed by atoms with Gasteiger partial charge in [-0.1, -0.05) is 37.3 Å². The first kappa shape index (κ1) is 14.7. The molecule has 0 aliphatic carbocycles. The lowest BCUT2D eigenvalue weighted by Gasteiger charge is -2.12. The quantitative estimate of drug-likeness (QED) is 0.539. The van der Waals surface area contributed by atoms with E-state index in [1.54, 1.807) is 0 Å². The monoisotopic (exact) mass is 250 g/mol. The van der Waals surface area contributed by atoms with Crippen molar-refractivity contribution in [3.05, 3.63) is 35.9 Å². The third kappa shape index (κ3) is 5.80. The van der Waals surface area contributed by atoms with Gasteiger partial charge in [0.05, 0.1) is 5.92 Å². The maximum atomic E-state index is 11.7. The summed E-state index contributed by atoms with van der Waals surface area (Å²) in [5.74, 6) is -0.300. The first-order valence-corrected chi connectivity index (χ1v) is 6.35. The molecule has 0 radical (unpaired) electrons. The highest BCUT2D eigenvalue weighted by Crippen LogP contribution is 2.04. The van der Waals surface area contributed by atoms with Gasteiger partial charge in [-0.05, 0) is 25.1 Å². The number of carbonyl (C=O) groups excluding carboxylic acids is 1. The van der Waals surface area contributed by atoms with Crippen molar-refractivity contribution in [3.8, 4) is 0 Å². The number of ether oxygens (including phenoxy) is 1. The molecule has 0 bridgehead atoms. The fourth-order valence-electron chi connectivity index (χ4n) is 1.50. The smallest absolute Gasteiger partial charge is 0.310 e. The topological polar surface area (TPSA) is 64.3 Å². The van der Waals surface area contributed by atoms with Crippen LogP contribution in [-0.4, -0.2) is 25.6 Å². The average molecular weight is 250 g/mol. The SMILES string of the molecule is CC(CNCCCN)C(=O)OCc1ccccc1. The number of benzene rings is 1. The molecule has 1 rings (SSSR count). The number of carbonyl (C=O) groups is 1. The summed E-state index contributed by atoms with van der Waals surface area (Å²) in [7, 11) is 0. The van der Waals surface area contributed by atoms with Gasteiger partial charge in [-0.15, -0.1) is 0 Å². The van der Waals surface area contributed by atoms with Gasteiger partial charge in [0.25, 0.3) is 0 Å². The summed E-state index contributed by atoms with van der Waals surface area (Å²) < 4.78 is 5.24. The molecule has 0 heterocycles. The summed E-state index contributed by atoms with van der Waals surface area (Å²) >= 11 is 0. The Morgan fingerprint density at radius 2 is 2.11 bits per heavy atom. The molecule has 0 saturated carbocycles. The molecule has 1 unspecified atom stereocenters. The Balaban J connectivity index is 2.19. The molecule has 18 heavy (non-hydrogen) atoms. The molecule has 100 valence electrons. The van der Waals surface area contributed by atoms with Crippen molar-refractivity contribution in [2.24, 2.45) is 11.7 Å². The van der Waals surface area contributed by atoms with E-state index in [1.807, 2.05) is 37.3 Å². The second-order valence-corrected chi connectivity index (χ2v) is 4.34. The average Bonchev–Trinajstić information content (AvgIpc) is 2.42. The van der Waals surface area contributed by atoms with Crippen LogP contribution < -0.4 is 11.1 Å². The highest BCUT2D eigenvalue weighted by Gasteiger charge is 2.13. The number of hydrogen-bond donors (Lipinski definition) is 2. The van der Waals surface area contributed by atoms with E-state index in [4.69, 9.17) is 10.5 Å². The molecule has 0 spiro atoms. The second-order valence-electron chi connectivity index (χ2n) is 4.34. The highest BCUT2D eigenvalue weighted by molar-refractivity contribution is 5.72. The summed E-state index contributed by atoms with van der Waals surface area (Å²) in [6, 6.07) is 9.69. The van der Waals surface area contributed by atoms with E-state index in [0.29, 0.717) is 19.7 Å². The maximum Gasteiger partial charge on any atom is 0.310 e. The van der Waals surface area contributed by atoms with Crippen LogP contribution in [0.1, 0.15) is 18.9 Å². The van der Waals surface area contributed by atoms with Crippen LogP contribution >= 0.6 is 0 Å². The third-order valence-corrected chi connectivity index (χ3v) is 2.63. The molecule has 0 amide bonds. The minimum absolute atomic E-state index is 0.133. The molecule has 1 aromatic rings. The van der Waals surface area contributed by atoms with Gasteiger partial charge in [-0.25, -0.2) is 0 Å². The van der Waals surface area contributed by atoms with Crippen LogP contribution in [0.25, 0.3) is 0 Å². The van der Waals surface area contributed by atoms with Crippen LogP contribution in [0, 0.1) is 5.92 Å². The first-order valence-electron chi connectivity index (χ1n) is 6.35. The predicted molar refractivity (Wildman–Crippen MR) is 71.9 cm³/mol. The Morgan fingerprint density at radius 3 is 2.78 bits per heavy atom. The predicted octanol–water partition coefficient (Wildman–Crippen LogP) is 1.30. The summed E-state index contributed by atoms with van der Waals surface area (Å²) in [5.41, 5.74) is 6.39. The summed E-state index contributed by atoms with van der Waals surface area (Å²) in [5, 5.41) is 3.18. The molecule has 3 N–H and O–H groups in total. The zero-order chi connectivity index (χ0) is 13.2. The molecule has 0 fully saturated rings. The molecule has 0 aliphatic heterocycles. The molecule has 0 aromatic heterocycles.